The zero-order valence-electron chi connectivity index (χ0n) is 16.9. The molecule has 1 atom stereocenters. The summed E-state index contributed by atoms with van der Waals surface area (Å²) in [6.45, 7) is 10.4. The average Bonchev–Trinajstić information content (AvgIpc) is 2.73. The predicted octanol–water partition coefficient (Wildman–Crippen LogP) is 1.79. The van der Waals surface area contributed by atoms with Crippen LogP contribution < -0.4 is 15.5 Å². The van der Waals surface area contributed by atoms with Gasteiger partial charge >= 0.3 is 0 Å². The van der Waals surface area contributed by atoms with Crippen LogP contribution in [-0.4, -0.2) is 76.4 Å². The number of piperidine rings is 1. The lowest BCUT2D eigenvalue weighted by Crippen LogP contribution is -2.50. The molecule has 6 nitrogen and oxygen atoms in total. The van der Waals surface area contributed by atoms with E-state index in [9.17, 15) is 0 Å². The average molecular weight is 374 g/mol. The number of para-hydroxylation sites is 1. The van der Waals surface area contributed by atoms with E-state index in [1.165, 1.54) is 5.69 Å². The predicted molar refractivity (Wildman–Crippen MR) is 113 cm³/mol. The maximum Gasteiger partial charge on any atom is 0.191 e. The molecule has 0 spiro atoms. The molecule has 0 amide bonds. The lowest BCUT2D eigenvalue weighted by Gasteiger charge is -2.34. The number of rotatable bonds is 6. The molecule has 2 saturated heterocycles. The molecule has 2 fully saturated rings. The minimum Gasteiger partial charge on any atom is -0.379 e. The second-order valence-corrected chi connectivity index (χ2v) is 7.71. The summed E-state index contributed by atoms with van der Waals surface area (Å²) in [7, 11) is 1.86. The van der Waals surface area contributed by atoms with Crippen LogP contribution in [0, 0.1) is 5.92 Å². The molecule has 150 valence electrons. The second kappa shape index (κ2) is 10.5. The summed E-state index contributed by atoms with van der Waals surface area (Å²) >= 11 is 0. The third kappa shape index (κ3) is 6.40. The van der Waals surface area contributed by atoms with Crippen LogP contribution >= 0.6 is 0 Å². The lowest BCUT2D eigenvalue weighted by atomic mass is 10.0. The van der Waals surface area contributed by atoms with E-state index in [0.717, 1.165) is 71.3 Å². The van der Waals surface area contributed by atoms with Crippen molar-refractivity contribution < 1.29 is 4.74 Å². The van der Waals surface area contributed by atoms with E-state index in [1.807, 2.05) is 7.05 Å². The van der Waals surface area contributed by atoms with E-state index in [-0.39, 0.29) is 0 Å². The number of nitrogens with zero attached hydrogens (tertiary/aromatic N) is 3. The molecule has 27 heavy (non-hydrogen) atoms. The third-order valence-electron chi connectivity index (χ3n) is 5.47. The zero-order chi connectivity index (χ0) is 18.9. The number of hydrogen-bond acceptors (Lipinski definition) is 4. The Balaban J connectivity index is 1.36. The van der Waals surface area contributed by atoms with Gasteiger partial charge in [0.2, 0.25) is 0 Å². The number of aliphatic imine (C=N–C) groups is 1. The van der Waals surface area contributed by atoms with Crippen LogP contribution in [0.15, 0.2) is 35.3 Å². The Hall–Kier alpha value is -1.79. The topological polar surface area (TPSA) is 52.1 Å². The molecule has 6 heteroatoms. The minimum absolute atomic E-state index is 0.491. The Morgan fingerprint density at radius 1 is 1.15 bits per heavy atom. The molecule has 2 N–H and O–H groups in total. The van der Waals surface area contributed by atoms with Gasteiger partial charge in [-0.25, -0.2) is 0 Å². The first-order valence-electron chi connectivity index (χ1n) is 10.3. The molecule has 2 heterocycles. The Kier molecular flexibility index (Phi) is 7.78. The summed E-state index contributed by atoms with van der Waals surface area (Å²) < 4.78 is 5.43. The van der Waals surface area contributed by atoms with E-state index >= 15 is 0 Å². The van der Waals surface area contributed by atoms with E-state index in [4.69, 9.17) is 4.74 Å². The summed E-state index contributed by atoms with van der Waals surface area (Å²) in [5.41, 5.74) is 1.33. The fraction of sp³-hybridized carbons (Fsp3) is 0.667. The summed E-state index contributed by atoms with van der Waals surface area (Å²) in [6, 6.07) is 11.2. The van der Waals surface area contributed by atoms with Crippen LogP contribution in [-0.2, 0) is 4.74 Å². The fourth-order valence-corrected chi connectivity index (χ4v) is 3.87. The molecule has 0 radical (unpaired) electrons. The van der Waals surface area contributed by atoms with Crippen LogP contribution in [0.4, 0.5) is 5.69 Å². The highest BCUT2D eigenvalue weighted by Crippen LogP contribution is 2.19. The van der Waals surface area contributed by atoms with Crippen LogP contribution in [0.5, 0.6) is 0 Å². The standard InChI is InChI=1S/C21H35N5O/c1-18(17-25-12-14-27-15-13-25)16-23-21(22-2)24-19-8-10-26(11-9-19)20-6-4-3-5-7-20/h3-7,18-19H,8-17H2,1-2H3,(H2,22,23,24). The molecule has 1 aromatic rings. The summed E-state index contributed by atoms with van der Waals surface area (Å²) in [4.78, 5) is 9.39. The first-order chi connectivity index (χ1) is 13.2. The number of benzene rings is 1. The van der Waals surface area contributed by atoms with Gasteiger partial charge in [-0.2, -0.15) is 0 Å². The van der Waals surface area contributed by atoms with Gasteiger partial charge in [0.25, 0.3) is 0 Å². The Labute approximate surface area is 164 Å². The molecule has 1 aromatic carbocycles. The van der Waals surface area contributed by atoms with Gasteiger partial charge in [0.05, 0.1) is 13.2 Å². The maximum absolute atomic E-state index is 5.43. The van der Waals surface area contributed by atoms with Gasteiger partial charge in [-0.3, -0.25) is 9.89 Å². The van der Waals surface area contributed by atoms with Crippen LogP contribution in [0.25, 0.3) is 0 Å². The Morgan fingerprint density at radius 3 is 2.52 bits per heavy atom. The number of anilines is 1. The number of ether oxygens (including phenoxy) is 1. The van der Waals surface area contributed by atoms with Gasteiger partial charge in [0, 0.05) is 58.0 Å². The van der Waals surface area contributed by atoms with Crippen molar-refractivity contribution in [2.45, 2.75) is 25.8 Å². The molecule has 2 aliphatic heterocycles. The molecular formula is C21H35N5O. The molecule has 1 unspecified atom stereocenters. The first kappa shape index (κ1) is 20.0. The van der Waals surface area contributed by atoms with E-state index in [1.54, 1.807) is 0 Å². The van der Waals surface area contributed by atoms with E-state index < -0.39 is 0 Å². The van der Waals surface area contributed by atoms with Gasteiger partial charge in [0.15, 0.2) is 5.96 Å². The van der Waals surface area contributed by atoms with Crippen LogP contribution in [0.2, 0.25) is 0 Å². The van der Waals surface area contributed by atoms with Crippen LogP contribution in [0.1, 0.15) is 19.8 Å². The molecule has 0 saturated carbocycles. The molecule has 0 aromatic heterocycles. The highest BCUT2D eigenvalue weighted by atomic mass is 16.5. The summed E-state index contributed by atoms with van der Waals surface area (Å²) in [5.74, 6) is 1.52. The largest absolute Gasteiger partial charge is 0.379 e. The monoisotopic (exact) mass is 373 g/mol. The van der Waals surface area contributed by atoms with Crippen molar-refractivity contribution in [1.82, 2.24) is 15.5 Å². The fourth-order valence-electron chi connectivity index (χ4n) is 3.87. The van der Waals surface area contributed by atoms with Crippen molar-refractivity contribution in [2.24, 2.45) is 10.9 Å². The van der Waals surface area contributed by atoms with Gasteiger partial charge in [-0.15, -0.1) is 0 Å². The molecule has 0 aliphatic carbocycles. The van der Waals surface area contributed by atoms with E-state index in [2.05, 4.69) is 62.7 Å². The molecular weight excluding hydrogens is 338 g/mol. The van der Waals surface area contributed by atoms with Crippen molar-refractivity contribution in [2.75, 3.05) is 64.4 Å². The Morgan fingerprint density at radius 2 is 1.85 bits per heavy atom. The highest BCUT2D eigenvalue weighted by Gasteiger charge is 2.20. The van der Waals surface area contributed by atoms with Crippen molar-refractivity contribution in [3.05, 3.63) is 30.3 Å². The number of hydrogen-bond donors (Lipinski definition) is 2. The van der Waals surface area contributed by atoms with Crippen molar-refractivity contribution >= 4 is 11.6 Å². The van der Waals surface area contributed by atoms with Gasteiger partial charge in [0.1, 0.15) is 0 Å². The number of morpholine rings is 1. The number of nitrogens with one attached hydrogen (secondary N) is 2. The normalized spacial score (nSPS) is 21.1. The third-order valence-corrected chi connectivity index (χ3v) is 5.47. The smallest absolute Gasteiger partial charge is 0.191 e. The van der Waals surface area contributed by atoms with Crippen molar-refractivity contribution in [1.29, 1.82) is 0 Å². The van der Waals surface area contributed by atoms with Gasteiger partial charge in [-0.05, 0) is 30.9 Å². The number of guanidine groups is 1. The summed E-state index contributed by atoms with van der Waals surface area (Å²) in [5, 5.41) is 7.13. The quantitative estimate of drug-likeness (QED) is 0.588. The lowest BCUT2D eigenvalue weighted by molar-refractivity contribution is 0.0320. The van der Waals surface area contributed by atoms with E-state index in [0.29, 0.717) is 12.0 Å². The first-order valence-corrected chi connectivity index (χ1v) is 10.3. The Bertz CT molecular complexity index is 565. The van der Waals surface area contributed by atoms with Crippen molar-refractivity contribution in [3.63, 3.8) is 0 Å². The zero-order valence-corrected chi connectivity index (χ0v) is 16.9. The second-order valence-electron chi connectivity index (χ2n) is 7.71. The van der Waals surface area contributed by atoms with Gasteiger partial charge < -0.3 is 20.3 Å². The molecule has 0 bridgehead atoms. The summed E-state index contributed by atoms with van der Waals surface area (Å²) in [6.07, 6.45) is 2.28. The van der Waals surface area contributed by atoms with Crippen molar-refractivity contribution in [3.8, 4) is 0 Å². The SMILES string of the molecule is CN=C(NCC(C)CN1CCOCC1)NC1CCN(c2ccccc2)CC1. The minimum atomic E-state index is 0.491. The molecule has 3 rings (SSSR count). The van der Waals surface area contributed by atoms with Gasteiger partial charge in [-0.1, -0.05) is 25.1 Å². The highest BCUT2D eigenvalue weighted by molar-refractivity contribution is 5.80. The maximum atomic E-state index is 5.43. The molecule has 2 aliphatic rings. The van der Waals surface area contributed by atoms with Crippen LogP contribution in [0.3, 0.4) is 0 Å².